The smallest absolute Gasteiger partial charge is 0.291 e. The Hall–Kier alpha value is -1.14. The number of halogens is 3. The monoisotopic (exact) mass is 361 g/mol. The molecule has 0 fully saturated rings. The Morgan fingerprint density at radius 3 is 2.65 bits per heavy atom. The largest absolute Gasteiger partial charge is 0.444 e. The van der Waals surface area contributed by atoms with Gasteiger partial charge in [0.15, 0.2) is 10.4 Å². The van der Waals surface area contributed by atoms with Gasteiger partial charge in [-0.15, -0.1) is 0 Å². The van der Waals surface area contributed by atoms with Crippen molar-refractivity contribution in [1.82, 2.24) is 0 Å². The lowest BCUT2D eigenvalue weighted by Crippen LogP contribution is -2.11. The van der Waals surface area contributed by atoms with Crippen LogP contribution in [0.3, 0.4) is 0 Å². The summed E-state index contributed by atoms with van der Waals surface area (Å²) in [6.07, 6.45) is 0. The number of hydrogen-bond acceptors (Lipinski definition) is 2. The number of furan rings is 1. The van der Waals surface area contributed by atoms with Gasteiger partial charge in [-0.05, 0) is 62.2 Å². The van der Waals surface area contributed by atoms with Crippen LogP contribution in [0.1, 0.15) is 10.6 Å². The van der Waals surface area contributed by atoms with E-state index in [1.807, 2.05) is 0 Å². The second kappa shape index (κ2) is 5.01. The van der Waals surface area contributed by atoms with Crippen molar-refractivity contribution in [2.24, 2.45) is 0 Å². The third-order valence-corrected chi connectivity index (χ3v) is 3.09. The second-order valence-electron chi connectivity index (χ2n) is 3.18. The topological polar surface area (TPSA) is 42.2 Å². The molecule has 0 radical (unpaired) electrons. The lowest BCUT2D eigenvalue weighted by atomic mass is 10.3. The second-order valence-corrected chi connectivity index (χ2v) is 4.82. The third-order valence-electron chi connectivity index (χ3n) is 1.97. The Labute approximate surface area is 113 Å². The van der Waals surface area contributed by atoms with Crippen molar-refractivity contribution in [2.75, 3.05) is 5.32 Å². The summed E-state index contributed by atoms with van der Waals surface area (Å²) in [5.74, 6) is -0.723. The predicted molar refractivity (Wildman–Crippen MR) is 68.5 cm³/mol. The molecule has 1 aromatic heterocycles. The van der Waals surface area contributed by atoms with Crippen molar-refractivity contribution in [3.05, 3.63) is 51.1 Å². The van der Waals surface area contributed by atoms with Crippen molar-refractivity contribution in [1.29, 1.82) is 0 Å². The van der Waals surface area contributed by atoms with Crippen LogP contribution in [0.4, 0.5) is 10.1 Å². The van der Waals surface area contributed by atoms with Crippen LogP contribution in [0.5, 0.6) is 0 Å². The molecule has 17 heavy (non-hydrogen) atoms. The van der Waals surface area contributed by atoms with Crippen molar-refractivity contribution in [3.63, 3.8) is 0 Å². The van der Waals surface area contributed by atoms with E-state index in [0.717, 1.165) is 0 Å². The minimum atomic E-state index is -0.443. The number of amides is 1. The first kappa shape index (κ1) is 12.3. The molecular weight excluding hydrogens is 357 g/mol. The highest BCUT2D eigenvalue weighted by atomic mass is 79.9. The average molecular weight is 363 g/mol. The fourth-order valence-corrected chi connectivity index (χ4v) is 1.87. The highest BCUT2D eigenvalue weighted by Gasteiger charge is 2.12. The van der Waals surface area contributed by atoms with E-state index in [1.54, 1.807) is 6.07 Å². The van der Waals surface area contributed by atoms with E-state index in [1.165, 1.54) is 24.3 Å². The number of benzene rings is 1. The van der Waals surface area contributed by atoms with Crippen LogP contribution in [0.15, 0.2) is 43.9 Å². The molecule has 2 rings (SSSR count). The SMILES string of the molecule is O=C(Nc1cc(F)ccc1Br)c1ccc(Br)o1. The summed E-state index contributed by atoms with van der Waals surface area (Å²) in [6, 6.07) is 7.16. The Kier molecular flexibility index (Phi) is 3.63. The van der Waals surface area contributed by atoms with E-state index >= 15 is 0 Å². The van der Waals surface area contributed by atoms with Gasteiger partial charge in [-0.25, -0.2) is 4.39 Å². The van der Waals surface area contributed by atoms with Gasteiger partial charge < -0.3 is 9.73 Å². The van der Waals surface area contributed by atoms with Crippen LogP contribution < -0.4 is 5.32 Å². The van der Waals surface area contributed by atoms with Crippen molar-refractivity contribution in [3.8, 4) is 0 Å². The van der Waals surface area contributed by atoms with E-state index in [-0.39, 0.29) is 5.76 Å². The number of carbonyl (C=O) groups excluding carboxylic acids is 1. The van der Waals surface area contributed by atoms with E-state index in [4.69, 9.17) is 4.42 Å². The Morgan fingerprint density at radius 1 is 1.24 bits per heavy atom. The van der Waals surface area contributed by atoms with Gasteiger partial charge in [-0.3, -0.25) is 4.79 Å². The molecule has 0 unspecified atom stereocenters. The summed E-state index contributed by atoms with van der Waals surface area (Å²) in [4.78, 5) is 11.7. The first-order chi connectivity index (χ1) is 8.06. The zero-order chi connectivity index (χ0) is 12.4. The van der Waals surface area contributed by atoms with Crippen LogP contribution in [-0.2, 0) is 0 Å². The zero-order valence-electron chi connectivity index (χ0n) is 8.34. The Balaban J connectivity index is 2.21. The number of rotatable bonds is 2. The lowest BCUT2D eigenvalue weighted by Gasteiger charge is -2.05. The van der Waals surface area contributed by atoms with Crippen molar-refractivity contribution < 1.29 is 13.6 Å². The summed E-state index contributed by atoms with van der Waals surface area (Å²) in [7, 11) is 0. The number of hydrogen-bond donors (Lipinski definition) is 1. The molecule has 0 bridgehead atoms. The molecule has 0 saturated carbocycles. The van der Waals surface area contributed by atoms with E-state index in [0.29, 0.717) is 14.8 Å². The first-order valence-electron chi connectivity index (χ1n) is 4.58. The highest BCUT2D eigenvalue weighted by Crippen LogP contribution is 2.24. The Bertz CT molecular complexity index is 568. The highest BCUT2D eigenvalue weighted by molar-refractivity contribution is 9.10. The first-order valence-corrected chi connectivity index (χ1v) is 6.16. The fourth-order valence-electron chi connectivity index (χ4n) is 1.21. The average Bonchev–Trinajstić information content (AvgIpc) is 2.70. The molecule has 1 aromatic carbocycles. The minimum Gasteiger partial charge on any atom is -0.444 e. The lowest BCUT2D eigenvalue weighted by molar-refractivity contribution is 0.0995. The van der Waals surface area contributed by atoms with Gasteiger partial charge in [0, 0.05) is 4.47 Å². The van der Waals surface area contributed by atoms with E-state index in [9.17, 15) is 9.18 Å². The molecule has 0 aliphatic heterocycles. The quantitative estimate of drug-likeness (QED) is 0.870. The Morgan fingerprint density at radius 2 is 2.00 bits per heavy atom. The van der Waals surface area contributed by atoms with E-state index < -0.39 is 11.7 Å². The van der Waals surface area contributed by atoms with Crippen molar-refractivity contribution in [2.45, 2.75) is 0 Å². The van der Waals surface area contributed by atoms with Crippen LogP contribution in [0, 0.1) is 5.82 Å². The van der Waals surface area contributed by atoms with Gasteiger partial charge in [-0.2, -0.15) is 0 Å². The zero-order valence-corrected chi connectivity index (χ0v) is 11.5. The maximum Gasteiger partial charge on any atom is 0.291 e. The van der Waals surface area contributed by atoms with Crippen LogP contribution in [-0.4, -0.2) is 5.91 Å². The van der Waals surface area contributed by atoms with Crippen LogP contribution >= 0.6 is 31.9 Å². The molecular formula is C11H6Br2FNO2. The minimum absolute atomic E-state index is 0.146. The molecule has 0 spiro atoms. The van der Waals surface area contributed by atoms with Gasteiger partial charge >= 0.3 is 0 Å². The molecule has 1 amide bonds. The molecule has 3 nitrogen and oxygen atoms in total. The molecule has 88 valence electrons. The van der Waals surface area contributed by atoms with Gasteiger partial charge in [-0.1, -0.05) is 0 Å². The number of anilines is 1. The maximum atomic E-state index is 13.0. The number of carbonyl (C=O) groups is 1. The summed E-state index contributed by atoms with van der Waals surface area (Å²) in [6.45, 7) is 0. The van der Waals surface area contributed by atoms with E-state index in [2.05, 4.69) is 37.2 Å². The van der Waals surface area contributed by atoms with Gasteiger partial charge in [0.2, 0.25) is 0 Å². The fraction of sp³-hybridized carbons (Fsp3) is 0. The predicted octanol–water partition coefficient (Wildman–Crippen LogP) is 4.20. The van der Waals surface area contributed by atoms with Gasteiger partial charge in [0.05, 0.1) is 5.69 Å². The molecule has 1 heterocycles. The van der Waals surface area contributed by atoms with Gasteiger partial charge in [0.1, 0.15) is 5.82 Å². The maximum absolute atomic E-state index is 13.0. The summed E-state index contributed by atoms with van der Waals surface area (Å²) in [5, 5.41) is 2.54. The molecule has 0 atom stereocenters. The van der Waals surface area contributed by atoms with Gasteiger partial charge in [0.25, 0.3) is 5.91 Å². The molecule has 1 N–H and O–H groups in total. The van der Waals surface area contributed by atoms with Crippen LogP contribution in [0.2, 0.25) is 0 Å². The number of nitrogens with one attached hydrogen (secondary N) is 1. The summed E-state index contributed by atoms with van der Waals surface area (Å²) in [5.41, 5.74) is 0.350. The molecule has 2 aromatic rings. The molecule has 0 aliphatic carbocycles. The van der Waals surface area contributed by atoms with Crippen molar-refractivity contribution >= 4 is 43.5 Å². The third kappa shape index (κ3) is 2.95. The normalized spacial score (nSPS) is 10.3. The molecule has 0 aliphatic rings. The standard InChI is InChI=1S/C11H6Br2FNO2/c12-7-2-1-6(14)5-8(7)15-11(16)9-3-4-10(13)17-9/h1-5H,(H,15,16). The summed E-state index contributed by atoms with van der Waals surface area (Å²) >= 11 is 6.31. The van der Waals surface area contributed by atoms with Crippen LogP contribution in [0.25, 0.3) is 0 Å². The molecule has 6 heteroatoms. The molecule has 0 saturated heterocycles. The summed E-state index contributed by atoms with van der Waals surface area (Å²) < 4.78 is 19.1.